The molecule has 2 aromatic rings. The molecule has 0 spiro atoms. The van der Waals surface area contributed by atoms with Crippen molar-refractivity contribution in [3.8, 4) is 11.1 Å². The van der Waals surface area contributed by atoms with Crippen LogP contribution in [0.25, 0.3) is 11.1 Å². The molecule has 0 aliphatic carbocycles. The van der Waals surface area contributed by atoms with Crippen molar-refractivity contribution in [2.24, 2.45) is 0 Å². The minimum absolute atomic E-state index is 0.601. The van der Waals surface area contributed by atoms with Gasteiger partial charge in [0.05, 0.1) is 0 Å². The van der Waals surface area contributed by atoms with Crippen molar-refractivity contribution in [3.63, 3.8) is 0 Å². The number of benzene rings is 2. The first kappa shape index (κ1) is 11.9. The third-order valence-corrected chi connectivity index (χ3v) is 3.12. The molecule has 0 bridgehead atoms. The molecule has 2 heteroatoms. The van der Waals surface area contributed by atoms with Crippen molar-refractivity contribution < 1.29 is 4.79 Å². The van der Waals surface area contributed by atoms with Crippen LogP contribution in [0.15, 0.2) is 42.5 Å². The Labute approximate surface area is 106 Å². The summed E-state index contributed by atoms with van der Waals surface area (Å²) >= 11 is 6.16. The maximum absolute atomic E-state index is 10.6. The zero-order valence-electron chi connectivity index (χ0n) is 9.61. The Morgan fingerprint density at radius 1 is 1.12 bits per heavy atom. The van der Waals surface area contributed by atoms with Crippen LogP contribution in [-0.4, -0.2) is 6.29 Å². The quantitative estimate of drug-likeness (QED) is 0.733. The first-order valence-corrected chi connectivity index (χ1v) is 5.96. The summed E-state index contributed by atoms with van der Waals surface area (Å²) in [4.78, 5) is 10.6. The van der Waals surface area contributed by atoms with Gasteiger partial charge in [-0.05, 0) is 23.6 Å². The maximum atomic E-state index is 10.6. The monoisotopic (exact) mass is 244 g/mol. The van der Waals surface area contributed by atoms with Gasteiger partial charge in [-0.1, -0.05) is 54.9 Å². The van der Waals surface area contributed by atoms with E-state index in [0.717, 1.165) is 23.8 Å². The van der Waals surface area contributed by atoms with E-state index in [4.69, 9.17) is 11.6 Å². The van der Waals surface area contributed by atoms with Gasteiger partial charge in [0.1, 0.15) is 6.29 Å². The predicted octanol–water partition coefficient (Wildman–Crippen LogP) is 4.38. The molecule has 2 rings (SSSR count). The fraction of sp³-hybridized carbons (Fsp3) is 0.133. The van der Waals surface area contributed by atoms with Crippen LogP contribution in [0.3, 0.4) is 0 Å². The number of rotatable bonds is 3. The van der Waals surface area contributed by atoms with Gasteiger partial charge in [-0.15, -0.1) is 0 Å². The molecule has 1 nitrogen and oxygen atoms in total. The highest BCUT2D eigenvalue weighted by molar-refractivity contribution is 6.33. The lowest BCUT2D eigenvalue weighted by Gasteiger charge is -2.06. The third kappa shape index (κ3) is 2.56. The molecule has 0 N–H and O–H groups in total. The van der Waals surface area contributed by atoms with Gasteiger partial charge in [-0.2, -0.15) is 0 Å². The topological polar surface area (TPSA) is 17.1 Å². The maximum Gasteiger partial charge on any atom is 0.150 e. The van der Waals surface area contributed by atoms with Crippen LogP contribution in [-0.2, 0) is 6.42 Å². The number of carbonyl (C=O) groups excluding carboxylic acids is 1. The van der Waals surface area contributed by atoms with Gasteiger partial charge in [-0.3, -0.25) is 4.79 Å². The summed E-state index contributed by atoms with van der Waals surface area (Å²) in [6.07, 6.45) is 1.83. The number of hydrogen-bond donors (Lipinski definition) is 0. The van der Waals surface area contributed by atoms with E-state index < -0.39 is 0 Å². The van der Waals surface area contributed by atoms with Crippen molar-refractivity contribution in [2.75, 3.05) is 0 Å². The first-order valence-electron chi connectivity index (χ1n) is 5.58. The second-order valence-corrected chi connectivity index (χ2v) is 4.31. The SMILES string of the molecule is CCc1ccc(-c2ccc(C=O)cc2Cl)cc1. The molecule has 0 aromatic heterocycles. The van der Waals surface area contributed by atoms with Gasteiger partial charge in [0.2, 0.25) is 0 Å². The molecule has 0 atom stereocenters. The number of hydrogen-bond acceptors (Lipinski definition) is 1. The van der Waals surface area contributed by atoms with Crippen molar-refractivity contribution in [3.05, 3.63) is 58.6 Å². The molecular weight excluding hydrogens is 232 g/mol. The average molecular weight is 245 g/mol. The average Bonchev–Trinajstić information content (AvgIpc) is 2.39. The highest BCUT2D eigenvalue weighted by atomic mass is 35.5. The van der Waals surface area contributed by atoms with Crippen molar-refractivity contribution in [1.29, 1.82) is 0 Å². The largest absolute Gasteiger partial charge is 0.298 e. The van der Waals surface area contributed by atoms with Crippen LogP contribution >= 0.6 is 11.6 Å². The predicted molar refractivity (Wildman–Crippen MR) is 71.7 cm³/mol. The smallest absolute Gasteiger partial charge is 0.150 e. The molecule has 0 saturated heterocycles. The number of carbonyl (C=O) groups is 1. The summed E-state index contributed by atoms with van der Waals surface area (Å²) < 4.78 is 0. The third-order valence-electron chi connectivity index (χ3n) is 2.80. The fourth-order valence-electron chi connectivity index (χ4n) is 1.76. The summed E-state index contributed by atoms with van der Waals surface area (Å²) in [6.45, 7) is 2.13. The van der Waals surface area contributed by atoms with Gasteiger partial charge in [0, 0.05) is 16.1 Å². The second-order valence-electron chi connectivity index (χ2n) is 3.91. The van der Waals surface area contributed by atoms with Gasteiger partial charge >= 0.3 is 0 Å². The molecule has 0 fully saturated rings. The molecule has 0 heterocycles. The van der Waals surface area contributed by atoms with E-state index >= 15 is 0 Å². The molecule has 0 saturated carbocycles. The summed E-state index contributed by atoms with van der Waals surface area (Å²) in [7, 11) is 0. The van der Waals surface area contributed by atoms with Crippen LogP contribution in [0, 0.1) is 0 Å². The molecular formula is C15H13ClO. The van der Waals surface area contributed by atoms with E-state index in [2.05, 4.69) is 31.2 Å². The minimum atomic E-state index is 0.601. The number of halogens is 1. The van der Waals surface area contributed by atoms with E-state index in [0.29, 0.717) is 10.6 Å². The zero-order valence-corrected chi connectivity index (χ0v) is 10.4. The Morgan fingerprint density at radius 2 is 1.82 bits per heavy atom. The molecule has 0 radical (unpaired) electrons. The summed E-state index contributed by atoms with van der Waals surface area (Å²) in [5.41, 5.74) is 3.93. The normalized spacial score (nSPS) is 10.2. The number of aryl methyl sites for hydroxylation is 1. The minimum Gasteiger partial charge on any atom is -0.298 e. The molecule has 2 aromatic carbocycles. The Bertz CT molecular complexity index is 529. The summed E-state index contributed by atoms with van der Waals surface area (Å²) in [5, 5.41) is 0.610. The molecule has 0 unspecified atom stereocenters. The highest BCUT2D eigenvalue weighted by Crippen LogP contribution is 2.28. The molecule has 0 aliphatic rings. The van der Waals surface area contributed by atoms with Gasteiger partial charge in [0.25, 0.3) is 0 Å². The molecule has 0 aliphatic heterocycles. The van der Waals surface area contributed by atoms with Crippen LogP contribution in [0.2, 0.25) is 5.02 Å². The van der Waals surface area contributed by atoms with Crippen LogP contribution in [0.4, 0.5) is 0 Å². The first-order chi connectivity index (χ1) is 8.24. The standard InChI is InChI=1S/C15H13ClO/c1-2-11-3-6-13(7-4-11)14-8-5-12(10-17)9-15(14)16/h3-10H,2H2,1H3. The Hall–Kier alpha value is -1.60. The van der Waals surface area contributed by atoms with E-state index in [1.165, 1.54) is 5.56 Å². The molecule has 86 valence electrons. The lowest BCUT2D eigenvalue weighted by molar-refractivity contribution is 0.112. The van der Waals surface area contributed by atoms with Crippen molar-refractivity contribution >= 4 is 17.9 Å². The van der Waals surface area contributed by atoms with Gasteiger partial charge in [0.15, 0.2) is 0 Å². The summed E-state index contributed by atoms with van der Waals surface area (Å²) in [6, 6.07) is 13.7. The Balaban J connectivity index is 2.41. The fourth-order valence-corrected chi connectivity index (χ4v) is 2.06. The lowest BCUT2D eigenvalue weighted by Crippen LogP contribution is -1.85. The van der Waals surface area contributed by atoms with Crippen LogP contribution in [0.5, 0.6) is 0 Å². The highest BCUT2D eigenvalue weighted by Gasteiger charge is 2.04. The van der Waals surface area contributed by atoms with Crippen molar-refractivity contribution in [2.45, 2.75) is 13.3 Å². The van der Waals surface area contributed by atoms with Gasteiger partial charge < -0.3 is 0 Å². The van der Waals surface area contributed by atoms with Crippen LogP contribution in [0.1, 0.15) is 22.8 Å². The zero-order chi connectivity index (χ0) is 12.3. The van der Waals surface area contributed by atoms with E-state index in [1.54, 1.807) is 12.1 Å². The van der Waals surface area contributed by atoms with Crippen molar-refractivity contribution in [1.82, 2.24) is 0 Å². The molecule has 0 amide bonds. The Kier molecular flexibility index (Phi) is 3.60. The number of aldehydes is 1. The van der Waals surface area contributed by atoms with Gasteiger partial charge in [-0.25, -0.2) is 0 Å². The van der Waals surface area contributed by atoms with E-state index in [1.807, 2.05) is 6.07 Å². The summed E-state index contributed by atoms with van der Waals surface area (Å²) in [5.74, 6) is 0. The van der Waals surface area contributed by atoms with E-state index in [9.17, 15) is 4.79 Å². The van der Waals surface area contributed by atoms with E-state index in [-0.39, 0.29) is 0 Å². The lowest BCUT2D eigenvalue weighted by atomic mass is 10.0. The molecule has 17 heavy (non-hydrogen) atoms. The second kappa shape index (κ2) is 5.15. The van der Waals surface area contributed by atoms with Crippen LogP contribution < -0.4 is 0 Å². The Morgan fingerprint density at radius 3 is 2.35 bits per heavy atom.